The lowest BCUT2D eigenvalue weighted by Crippen LogP contribution is -2.04. The molecule has 0 radical (unpaired) electrons. The first-order chi connectivity index (χ1) is 31.3. The Balaban J connectivity index is 1.18. The summed E-state index contributed by atoms with van der Waals surface area (Å²) >= 11 is 0. The van der Waals surface area contributed by atoms with Crippen LogP contribution >= 0.6 is 0 Å². The van der Waals surface area contributed by atoms with Crippen molar-refractivity contribution in [1.82, 2.24) is 19.1 Å². The van der Waals surface area contributed by atoms with Crippen LogP contribution < -0.4 is 0 Å². The molecule has 0 atom stereocenters. The number of para-hydroxylation sites is 1. The largest absolute Gasteiger partial charge is 0.309 e. The molecule has 4 heteroatoms. The van der Waals surface area contributed by atoms with Gasteiger partial charge < -0.3 is 4.57 Å². The number of aromatic nitrogens is 4. The van der Waals surface area contributed by atoms with Gasteiger partial charge in [-0.05, 0) is 82.2 Å². The number of benzene rings is 9. The minimum absolute atomic E-state index is 0.0476. The maximum atomic E-state index is 9.30. The van der Waals surface area contributed by atoms with Crippen molar-refractivity contribution in [1.29, 1.82) is 0 Å². The van der Waals surface area contributed by atoms with E-state index in [1.165, 1.54) is 0 Å². The van der Waals surface area contributed by atoms with Crippen molar-refractivity contribution in [3.8, 4) is 45.1 Å². The van der Waals surface area contributed by atoms with Gasteiger partial charge in [0.25, 0.3) is 0 Å². The van der Waals surface area contributed by atoms with E-state index < -0.39 is 12.1 Å². The summed E-state index contributed by atoms with van der Waals surface area (Å²) in [5.41, 5.74) is 10.4. The van der Waals surface area contributed by atoms with E-state index >= 15 is 0 Å². The third-order valence-corrected chi connectivity index (χ3v) is 11.3. The Hall–Kier alpha value is -7.82. The molecule has 12 rings (SSSR count). The third kappa shape index (κ3) is 5.02. The third-order valence-electron chi connectivity index (χ3n) is 11.3. The molecule has 0 N–H and O–H groups in total. The average molecular weight is 745 g/mol. The van der Waals surface area contributed by atoms with E-state index in [2.05, 4.69) is 120 Å². The van der Waals surface area contributed by atoms with E-state index in [9.17, 15) is 1.37 Å². The summed E-state index contributed by atoms with van der Waals surface area (Å²) in [6.45, 7) is 0. The average Bonchev–Trinajstić information content (AvgIpc) is 3.85. The molecule has 0 unspecified atom stereocenters. The van der Waals surface area contributed by atoms with E-state index in [0.717, 1.165) is 71.6 Å². The number of nitrogens with zero attached hydrogens (tertiary/aromatic N) is 4. The van der Waals surface area contributed by atoms with Gasteiger partial charge in [0.05, 0.1) is 41.5 Å². The van der Waals surface area contributed by atoms with Crippen LogP contribution in [0, 0.1) is 0 Å². The predicted octanol–water partition coefficient (Wildman–Crippen LogP) is 14.0. The molecule has 58 heavy (non-hydrogen) atoms. The van der Waals surface area contributed by atoms with E-state index in [1.54, 1.807) is 0 Å². The smallest absolute Gasteiger partial charge is 0.235 e. The van der Waals surface area contributed by atoms with Crippen LogP contribution in [0.15, 0.2) is 206 Å². The quantitative estimate of drug-likeness (QED) is 0.165. The van der Waals surface area contributed by atoms with Crippen molar-refractivity contribution in [2.45, 2.75) is 0 Å². The summed E-state index contributed by atoms with van der Waals surface area (Å²) in [4.78, 5) is 10.4. The Bertz CT molecular complexity index is 3900. The molecule has 0 aliphatic rings. The van der Waals surface area contributed by atoms with Crippen LogP contribution in [0.5, 0.6) is 0 Å². The van der Waals surface area contributed by atoms with E-state index in [0.29, 0.717) is 11.3 Å². The van der Waals surface area contributed by atoms with Gasteiger partial charge in [0.15, 0.2) is 0 Å². The predicted molar refractivity (Wildman–Crippen MR) is 242 cm³/mol. The van der Waals surface area contributed by atoms with Crippen LogP contribution in [-0.4, -0.2) is 19.1 Å². The van der Waals surface area contributed by atoms with Crippen LogP contribution in [0.1, 0.15) is 8.22 Å². The molecule has 0 aliphatic carbocycles. The summed E-state index contributed by atoms with van der Waals surface area (Å²) < 4.78 is 57.8. The minimum atomic E-state index is -0.463. The first-order valence-corrected chi connectivity index (χ1v) is 19.3. The number of fused-ring (bicyclic) bond motifs is 9. The molecule has 0 amide bonds. The molecule has 3 aromatic heterocycles. The van der Waals surface area contributed by atoms with Crippen LogP contribution in [0.3, 0.4) is 0 Å². The second-order valence-corrected chi connectivity index (χ2v) is 14.5. The summed E-state index contributed by atoms with van der Waals surface area (Å²) in [5, 5.41) is 4.50. The summed E-state index contributed by atoms with van der Waals surface area (Å²) in [6, 6.07) is 56.0. The van der Waals surface area contributed by atoms with Gasteiger partial charge in [-0.1, -0.05) is 152 Å². The van der Waals surface area contributed by atoms with Crippen LogP contribution in [0.4, 0.5) is 0 Å². The summed E-state index contributed by atoms with van der Waals surface area (Å²) in [6.07, 6.45) is 0. The maximum absolute atomic E-state index is 9.30. The molecular formula is C54H34N4. The summed E-state index contributed by atoms with van der Waals surface area (Å²) in [7, 11) is 0. The molecule has 0 spiro atoms. The zero-order chi connectivity index (χ0) is 43.4. The van der Waals surface area contributed by atoms with Crippen LogP contribution in [-0.2, 0) is 0 Å². The number of rotatable bonds is 5. The fourth-order valence-electron chi connectivity index (χ4n) is 8.60. The van der Waals surface area contributed by atoms with Crippen molar-refractivity contribution in [2.75, 3.05) is 0 Å². The molecule has 0 saturated carbocycles. The highest BCUT2D eigenvalue weighted by molar-refractivity contribution is 6.14. The normalized spacial score (nSPS) is 13.2. The highest BCUT2D eigenvalue weighted by Crippen LogP contribution is 2.40. The molecule has 0 fully saturated rings. The van der Waals surface area contributed by atoms with Gasteiger partial charge in [-0.15, -0.1) is 0 Å². The Kier molecular flexibility index (Phi) is 5.97. The highest BCUT2D eigenvalue weighted by atomic mass is 15.2. The standard InChI is InChI=1S/C54H34N4/c1-4-14-35(15-5-1)39-25-29-49-45(32-39)43-22-12-13-23-48(43)57(49)41-27-31-51-47(34-41)46-33-40(36-16-6-2-7-17-36)26-30-50(46)58(51)54-55-52(38-19-8-3-9-20-38)44-28-24-37-18-10-11-21-42(37)53(44)56-54/h1-34H/i10D,11D,18D,21D,24D,28D. The zero-order valence-electron chi connectivity index (χ0n) is 37.0. The lowest BCUT2D eigenvalue weighted by atomic mass is 10.0. The fourth-order valence-corrected chi connectivity index (χ4v) is 8.60. The molecule has 0 bridgehead atoms. The SMILES string of the molecule is [2H]c1c([2H])c([2H])c2c(c1[2H])c([2H])c([2H])c1c(-c3ccccc3)nc(-n3c4ccc(-c5ccccc5)cc4c4cc(-n5c6ccccc6c6cc(-c7ccccc7)ccc65)ccc43)nc12. The van der Waals surface area contributed by atoms with Gasteiger partial charge in [-0.2, -0.15) is 0 Å². The first kappa shape index (κ1) is 26.9. The molecular weight excluding hydrogens is 705 g/mol. The van der Waals surface area contributed by atoms with Crippen molar-refractivity contribution in [2.24, 2.45) is 0 Å². The Labute approximate surface area is 343 Å². The van der Waals surface area contributed by atoms with E-state index in [4.69, 9.17) is 16.8 Å². The highest BCUT2D eigenvalue weighted by Gasteiger charge is 2.21. The van der Waals surface area contributed by atoms with Gasteiger partial charge in [0.2, 0.25) is 5.95 Å². The monoisotopic (exact) mass is 744 g/mol. The van der Waals surface area contributed by atoms with Gasteiger partial charge in [0, 0.05) is 43.6 Å². The van der Waals surface area contributed by atoms with Crippen molar-refractivity contribution in [3.05, 3.63) is 206 Å². The van der Waals surface area contributed by atoms with Crippen LogP contribution in [0.25, 0.3) is 110 Å². The van der Waals surface area contributed by atoms with E-state index in [-0.39, 0.29) is 51.8 Å². The molecule has 0 saturated heterocycles. The van der Waals surface area contributed by atoms with Crippen LogP contribution in [0.2, 0.25) is 0 Å². The van der Waals surface area contributed by atoms with E-state index in [1.807, 2.05) is 59.2 Å². The molecule has 270 valence electrons. The Morgan fingerprint density at radius 3 is 1.62 bits per heavy atom. The molecule has 4 nitrogen and oxygen atoms in total. The zero-order valence-corrected chi connectivity index (χ0v) is 31.0. The number of hydrogen-bond acceptors (Lipinski definition) is 2. The summed E-state index contributed by atoms with van der Waals surface area (Å²) in [5.74, 6) is 0.266. The Morgan fingerprint density at radius 1 is 0.362 bits per heavy atom. The number of hydrogen-bond donors (Lipinski definition) is 0. The van der Waals surface area contributed by atoms with Crippen molar-refractivity contribution in [3.63, 3.8) is 0 Å². The van der Waals surface area contributed by atoms with Crippen molar-refractivity contribution >= 4 is 65.3 Å². The van der Waals surface area contributed by atoms with Gasteiger partial charge >= 0.3 is 0 Å². The fraction of sp³-hybridized carbons (Fsp3) is 0. The van der Waals surface area contributed by atoms with Gasteiger partial charge in [0.1, 0.15) is 0 Å². The minimum Gasteiger partial charge on any atom is -0.309 e. The molecule has 3 heterocycles. The van der Waals surface area contributed by atoms with Gasteiger partial charge in [-0.25, -0.2) is 9.97 Å². The lowest BCUT2D eigenvalue weighted by Gasteiger charge is -2.13. The molecule has 9 aromatic carbocycles. The topological polar surface area (TPSA) is 35.6 Å². The Morgan fingerprint density at radius 2 is 0.914 bits per heavy atom. The second-order valence-electron chi connectivity index (χ2n) is 14.5. The van der Waals surface area contributed by atoms with Crippen molar-refractivity contribution < 1.29 is 8.22 Å². The second kappa shape index (κ2) is 12.9. The maximum Gasteiger partial charge on any atom is 0.235 e. The molecule has 12 aromatic rings. The first-order valence-electron chi connectivity index (χ1n) is 22.3. The lowest BCUT2D eigenvalue weighted by molar-refractivity contribution is 1.01. The molecule has 0 aliphatic heterocycles. The van der Waals surface area contributed by atoms with Gasteiger partial charge in [-0.3, -0.25) is 4.57 Å².